The number of anilines is 1. The van der Waals surface area contributed by atoms with Crippen LogP contribution in [0.2, 0.25) is 0 Å². The molecule has 0 radical (unpaired) electrons. The van der Waals surface area contributed by atoms with Gasteiger partial charge in [-0.25, -0.2) is 4.79 Å². The summed E-state index contributed by atoms with van der Waals surface area (Å²) in [7, 11) is 0. The second-order valence-electron chi connectivity index (χ2n) is 3.69. The predicted molar refractivity (Wildman–Crippen MR) is 65.4 cm³/mol. The molecule has 5 N–H and O–H groups in total. The standard InChI is InChI=1S/C12H14N2O3/c1-7-5-8(3-2-4-10(13)15)11(14)9(6-7)12(16)17/h2-3,5-6H,4,14H2,1H3,(H2,13,15)(H,16,17). The topological polar surface area (TPSA) is 106 Å². The maximum atomic E-state index is 10.9. The van der Waals surface area contributed by atoms with E-state index in [2.05, 4.69) is 0 Å². The molecule has 0 saturated carbocycles. The maximum Gasteiger partial charge on any atom is 0.337 e. The van der Waals surface area contributed by atoms with Crippen LogP contribution in [0.15, 0.2) is 18.2 Å². The van der Waals surface area contributed by atoms with Crippen molar-refractivity contribution in [1.29, 1.82) is 0 Å². The van der Waals surface area contributed by atoms with E-state index in [0.29, 0.717) is 5.56 Å². The molecule has 0 aliphatic rings. The first kappa shape index (κ1) is 12.8. The van der Waals surface area contributed by atoms with E-state index >= 15 is 0 Å². The van der Waals surface area contributed by atoms with Gasteiger partial charge in [0.2, 0.25) is 5.91 Å². The number of aryl methyl sites for hydroxylation is 1. The molecule has 1 aromatic carbocycles. The number of primary amides is 1. The summed E-state index contributed by atoms with van der Waals surface area (Å²) in [5.41, 5.74) is 12.3. The summed E-state index contributed by atoms with van der Waals surface area (Å²) in [5, 5.41) is 8.95. The van der Waals surface area contributed by atoms with E-state index in [0.717, 1.165) is 5.56 Å². The van der Waals surface area contributed by atoms with Crippen LogP contribution in [0, 0.1) is 6.92 Å². The Bertz CT molecular complexity index is 493. The largest absolute Gasteiger partial charge is 0.478 e. The SMILES string of the molecule is Cc1cc(C=CCC(N)=O)c(N)c(C(=O)O)c1. The third kappa shape index (κ3) is 3.34. The number of benzene rings is 1. The zero-order chi connectivity index (χ0) is 13.0. The summed E-state index contributed by atoms with van der Waals surface area (Å²) in [6.45, 7) is 1.78. The number of nitrogen functional groups attached to an aromatic ring is 1. The lowest BCUT2D eigenvalue weighted by Gasteiger charge is -2.06. The Morgan fingerprint density at radius 2 is 2.06 bits per heavy atom. The Balaban J connectivity index is 3.11. The van der Waals surface area contributed by atoms with Crippen LogP contribution in [0.25, 0.3) is 6.08 Å². The molecule has 0 aliphatic heterocycles. The van der Waals surface area contributed by atoms with Crippen molar-refractivity contribution in [1.82, 2.24) is 0 Å². The number of carboxylic acid groups (broad SMARTS) is 1. The molecule has 0 aromatic heterocycles. The van der Waals surface area contributed by atoms with Crippen molar-refractivity contribution < 1.29 is 14.7 Å². The molecule has 0 bridgehead atoms. The van der Waals surface area contributed by atoms with E-state index in [-0.39, 0.29) is 17.7 Å². The van der Waals surface area contributed by atoms with E-state index in [1.54, 1.807) is 25.1 Å². The van der Waals surface area contributed by atoms with Gasteiger partial charge in [-0.1, -0.05) is 12.2 Å². The number of carbonyl (C=O) groups excluding carboxylic acids is 1. The summed E-state index contributed by atoms with van der Waals surface area (Å²) in [4.78, 5) is 21.5. The third-order valence-electron chi connectivity index (χ3n) is 2.20. The number of aromatic carboxylic acids is 1. The molecule has 0 atom stereocenters. The quantitative estimate of drug-likeness (QED) is 0.679. The number of hydrogen-bond acceptors (Lipinski definition) is 3. The average Bonchev–Trinajstić information content (AvgIpc) is 2.21. The lowest BCUT2D eigenvalue weighted by Crippen LogP contribution is -2.08. The minimum absolute atomic E-state index is 0.0590. The highest BCUT2D eigenvalue weighted by molar-refractivity contribution is 5.96. The molecule has 90 valence electrons. The molecule has 0 saturated heterocycles. The Kier molecular flexibility index (Phi) is 3.87. The van der Waals surface area contributed by atoms with Crippen molar-refractivity contribution in [3.05, 3.63) is 34.9 Å². The fourth-order valence-corrected chi connectivity index (χ4v) is 1.44. The van der Waals surface area contributed by atoms with E-state index in [1.807, 2.05) is 0 Å². The highest BCUT2D eigenvalue weighted by Gasteiger charge is 2.10. The first-order chi connectivity index (χ1) is 7.91. The van der Waals surface area contributed by atoms with Gasteiger partial charge in [0.05, 0.1) is 11.3 Å². The van der Waals surface area contributed by atoms with E-state index < -0.39 is 11.9 Å². The molecule has 5 heteroatoms. The van der Waals surface area contributed by atoms with Crippen LogP contribution in [-0.2, 0) is 4.79 Å². The van der Waals surface area contributed by atoms with Gasteiger partial charge in [0.25, 0.3) is 0 Å². The van der Waals surface area contributed by atoms with Crippen LogP contribution in [0.1, 0.15) is 27.9 Å². The number of nitrogens with two attached hydrogens (primary N) is 2. The number of rotatable bonds is 4. The van der Waals surface area contributed by atoms with Crippen LogP contribution in [0.5, 0.6) is 0 Å². The van der Waals surface area contributed by atoms with Crippen LogP contribution < -0.4 is 11.5 Å². The van der Waals surface area contributed by atoms with Crippen LogP contribution in [0.4, 0.5) is 5.69 Å². The molecule has 0 spiro atoms. The fourth-order valence-electron chi connectivity index (χ4n) is 1.44. The van der Waals surface area contributed by atoms with Crippen molar-refractivity contribution in [2.45, 2.75) is 13.3 Å². The number of hydrogen-bond donors (Lipinski definition) is 3. The zero-order valence-electron chi connectivity index (χ0n) is 9.43. The Morgan fingerprint density at radius 1 is 1.41 bits per heavy atom. The van der Waals surface area contributed by atoms with Gasteiger partial charge >= 0.3 is 5.97 Å². The first-order valence-electron chi connectivity index (χ1n) is 5.00. The van der Waals surface area contributed by atoms with Gasteiger partial charge in [-0.05, 0) is 30.2 Å². The second kappa shape index (κ2) is 5.16. The number of amides is 1. The van der Waals surface area contributed by atoms with Crippen molar-refractivity contribution in [3.63, 3.8) is 0 Å². The maximum absolute atomic E-state index is 10.9. The van der Waals surface area contributed by atoms with Crippen molar-refractivity contribution in [3.8, 4) is 0 Å². The van der Waals surface area contributed by atoms with Gasteiger partial charge in [-0.3, -0.25) is 4.79 Å². The minimum atomic E-state index is -1.07. The Labute approximate surface area is 98.7 Å². The van der Waals surface area contributed by atoms with Gasteiger partial charge in [0, 0.05) is 6.42 Å². The molecule has 5 nitrogen and oxygen atoms in total. The molecular formula is C12H14N2O3. The predicted octanol–water partition coefficient (Wildman–Crippen LogP) is 1.16. The average molecular weight is 234 g/mol. The fraction of sp³-hybridized carbons (Fsp3) is 0.167. The van der Waals surface area contributed by atoms with Crippen LogP contribution in [0.3, 0.4) is 0 Å². The molecule has 0 unspecified atom stereocenters. The van der Waals surface area contributed by atoms with E-state index in [1.165, 1.54) is 6.07 Å². The van der Waals surface area contributed by atoms with Crippen molar-refractivity contribution in [2.75, 3.05) is 5.73 Å². The van der Waals surface area contributed by atoms with Gasteiger partial charge in [-0.2, -0.15) is 0 Å². The summed E-state index contributed by atoms with van der Waals surface area (Å²) >= 11 is 0. The molecule has 1 rings (SSSR count). The lowest BCUT2D eigenvalue weighted by molar-refractivity contribution is -0.117. The third-order valence-corrected chi connectivity index (χ3v) is 2.20. The summed E-state index contributed by atoms with van der Waals surface area (Å²) in [6, 6.07) is 3.25. The zero-order valence-corrected chi connectivity index (χ0v) is 9.43. The molecule has 17 heavy (non-hydrogen) atoms. The smallest absolute Gasteiger partial charge is 0.337 e. The van der Waals surface area contributed by atoms with E-state index in [9.17, 15) is 9.59 Å². The lowest BCUT2D eigenvalue weighted by atomic mass is 10.0. The second-order valence-corrected chi connectivity index (χ2v) is 3.69. The molecule has 1 amide bonds. The van der Waals surface area contributed by atoms with E-state index in [4.69, 9.17) is 16.6 Å². The number of carbonyl (C=O) groups is 2. The Hall–Kier alpha value is -2.30. The molecule has 0 heterocycles. The summed E-state index contributed by atoms with van der Waals surface area (Å²) in [6.07, 6.45) is 3.24. The van der Waals surface area contributed by atoms with Crippen LogP contribution in [-0.4, -0.2) is 17.0 Å². The molecule has 0 aliphatic carbocycles. The Morgan fingerprint density at radius 3 is 2.59 bits per heavy atom. The summed E-state index contributed by atoms with van der Waals surface area (Å²) < 4.78 is 0. The van der Waals surface area contributed by atoms with Crippen LogP contribution >= 0.6 is 0 Å². The van der Waals surface area contributed by atoms with Gasteiger partial charge in [-0.15, -0.1) is 0 Å². The molecular weight excluding hydrogens is 220 g/mol. The molecule has 1 aromatic rings. The monoisotopic (exact) mass is 234 g/mol. The number of carboxylic acids is 1. The summed E-state index contributed by atoms with van der Waals surface area (Å²) in [5.74, 6) is -1.53. The highest BCUT2D eigenvalue weighted by Crippen LogP contribution is 2.21. The van der Waals surface area contributed by atoms with Crippen molar-refractivity contribution in [2.24, 2.45) is 5.73 Å². The van der Waals surface area contributed by atoms with Crippen molar-refractivity contribution >= 4 is 23.6 Å². The highest BCUT2D eigenvalue weighted by atomic mass is 16.4. The van der Waals surface area contributed by atoms with Gasteiger partial charge in [0.1, 0.15) is 0 Å². The normalized spacial score (nSPS) is 10.6. The first-order valence-corrected chi connectivity index (χ1v) is 5.00. The molecule has 0 fully saturated rings. The van der Waals surface area contributed by atoms with Gasteiger partial charge in [0.15, 0.2) is 0 Å². The minimum Gasteiger partial charge on any atom is -0.478 e. The van der Waals surface area contributed by atoms with Gasteiger partial charge < -0.3 is 16.6 Å².